The van der Waals surface area contributed by atoms with E-state index < -0.39 is 0 Å². The van der Waals surface area contributed by atoms with Gasteiger partial charge in [-0.25, -0.2) is 0 Å². The molecule has 1 aromatic rings. The minimum Gasteiger partial charge on any atom is -0.404 e. The van der Waals surface area contributed by atoms with E-state index in [1.165, 1.54) is 0 Å². The van der Waals surface area contributed by atoms with E-state index in [9.17, 15) is 0 Å². The van der Waals surface area contributed by atoms with Crippen molar-refractivity contribution in [2.75, 3.05) is 11.9 Å². The molecule has 0 saturated carbocycles. The third-order valence-corrected chi connectivity index (χ3v) is 4.03. The van der Waals surface area contributed by atoms with Crippen LogP contribution in [0.1, 0.15) is 19.5 Å². The zero-order valence-corrected chi connectivity index (χ0v) is 14.6. The van der Waals surface area contributed by atoms with Gasteiger partial charge >= 0.3 is 0 Å². The van der Waals surface area contributed by atoms with Crippen molar-refractivity contribution in [3.05, 3.63) is 52.2 Å². The molecule has 2 rings (SSSR count). The molecule has 0 saturated heterocycles. The van der Waals surface area contributed by atoms with Crippen LogP contribution in [0.15, 0.2) is 46.5 Å². The normalized spacial score (nSPS) is 18.6. The molecule has 118 valence electrons. The second-order valence-corrected chi connectivity index (χ2v) is 6.45. The van der Waals surface area contributed by atoms with E-state index in [1.54, 1.807) is 12.4 Å². The lowest BCUT2D eigenvalue weighted by Crippen LogP contribution is -2.45. The number of allylic oxidation sites excluding steroid dienone is 2. The Hall–Kier alpha value is -1.95. The smallest absolute Gasteiger partial charge is 0.120 e. The van der Waals surface area contributed by atoms with E-state index in [2.05, 4.69) is 45.0 Å². The predicted molar refractivity (Wildman–Crippen MR) is 95.7 cm³/mol. The number of nitrogens with two attached hydrogens (primary N) is 2. The van der Waals surface area contributed by atoms with Gasteiger partial charge in [0.15, 0.2) is 0 Å². The number of pyridine rings is 1. The quantitative estimate of drug-likeness (QED) is 0.716. The third kappa shape index (κ3) is 3.62. The number of nitrogens with one attached hydrogen (secondary N) is 1. The summed E-state index contributed by atoms with van der Waals surface area (Å²) in [7, 11) is 2.00. The zero-order valence-electron chi connectivity index (χ0n) is 13.0. The highest BCUT2D eigenvalue weighted by atomic mass is 79.9. The Morgan fingerprint density at radius 3 is 2.86 bits per heavy atom. The molecule has 1 atom stereocenters. The molecule has 0 fully saturated rings. The Bertz CT molecular complexity index is 633. The molecule has 22 heavy (non-hydrogen) atoms. The van der Waals surface area contributed by atoms with Crippen molar-refractivity contribution in [1.82, 2.24) is 10.3 Å². The molecule has 0 amide bonds. The number of nitrogens with zero attached hydrogens (tertiary/aromatic N) is 2. The zero-order chi connectivity index (χ0) is 16.3. The fourth-order valence-corrected chi connectivity index (χ4v) is 2.57. The molecule has 0 aliphatic carbocycles. The van der Waals surface area contributed by atoms with Crippen molar-refractivity contribution in [2.45, 2.75) is 20.0 Å². The average Bonchev–Trinajstić information content (AvgIpc) is 2.48. The van der Waals surface area contributed by atoms with Crippen LogP contribution in [-0.2, 0) is 0 Å². The maximum Gasteiger partial charge on any atom is 0.120 e. The van der Waals surface area contributed by atoms with E-state index in [0.29, 0.717) is 11.7 Å². The molecular weight excluding hydrogens is 342 g/mol. The van der Waals surface area contributed by atoms with Gasteiger partial charge in [0, 0.05) is 17.7 Å². The first kappa shape index (κ1) is 16.4. The molecule has 5 nitrogen and oxygen atoms in total. The van der Waals surface area contributed by atoms with E-state index in [0.717, 1.165) is 21.4 Å². The fourth-order valence-electron chi connectivity index (χ4n) is 2.26. The van der Waals surface area contributed by atoms with E-state index >= 15 is 0 Å². The summed E-state index contributed by atoms with van der Waals surface area (Å²) in [4.78, 5) is 6.49. The number of hydrogen-bond acceptors (Lipinski definition) is 5. The van der Waals surface area contributed by atoms with Gasteiger partial charge in [0.25, 0.3) is 0 Å². The third-order valence-electron chi connectivity index (χ3n) is 3.59. The molecule has 0 aromatic carbocycles. The van der Waals surface area contributed by atoms with Crippen LogP contribution in [-0.4, -0.2) is 18.2 Å². The van der Waals surface area contributed by atoms with Crippen LogP contribution in [0.3, 0.4) is 0 Å². The number of likely N-dealkylation sites (N-methyl/N-ethyl adjacent to an activating group) is 1. The van der Waals surface area contributed by atoms with Gasteiger partial charge in [-0.05, 0) is 57.9 Å². The van der Waals surface area contributed by atoms with Crippen LogP contribution in [0.5, 0.6) is 0 Å². The van der Waals surface area contributed by atoms with Crippen molar-refractivity contribution >= 4 is 27.7 Å². The Morgan fingerprint density at radius 2 is 2.23 bits per heavy atom. The maximum absolute atomic E-state index is 6.10. The lowest BCUT2D eigenvalue weighted by Gasteiger charge is -2.33. The lowest BCUT2D eigenvalue weighted by atomic mass is 10.0. The minimum atomic E-state index is -0.0361. The van der Waals surface area contributed by atoms with Gasteiger partial charge in [-0.2, -0.15) is 0 Å². The van der Waals surface area contributed by atoms with Crippen molar-refractivity contribution in [2.24, 2.45) is 17.4 Å². The first-order valence-corrected chi connectivity index (χ1v) is 7.93. The Labute approximate surface area is 139 Å². The Kier molecular flexibility index (Phi) is 5.13. The van der Waals surface area contributed by atoms with Gasteiger partial charge in [-0.15, -0.1) is 0 Å². The number of halogens is 1. The molecule has 5 N–H and O–H groups in total. The number of fused-ring (bicyclic) bond motifs is 1. The molecule has 2 heterocycles. The maximum atomic E-state index is 6.10. The highest BCUT2D eigenvalue weighted by Crippen LogP contribution is 2.28. The molecule has 6 heteroatoms. The first-order valence-electron chi connectivity index (χ1n) is 7.14. The molecule has 1 aliphatic rings. The van der Waals surface area contributed by atoms with Crippen LogP contribution < -0.4 is 21.7 Å². The van der Waals surface area contributed by atoms with Crippen LogP contribution in [0.2, 0.25) is 0 Å². The van der Waals surface area contributed by atoms with Gasteiger partial charge < -0.3 is 21.7 Å². The second kappa shape index (κ2) is 6.87. The van der Waals surface area contributed by atoms with Gasteiger partial charge in [0.05, 0.1) is 17.2 Å². The molecule has 0 bridgehead atoms. The van der Waals surface area contributed by atoms with Crippen LogP contribution in [0, 0.1) is 5.92 Å². The van der Waals surface area contributed by atoms with Crippen LogP contribution in [0.4, 0.5) is 5.69 Å². The van der Waals surface area contributed by atoms with Crippen LogP contribution >= 0.6 is 15.9 Å². The number of rotatable bonds is 4. The summed E-state index contributed by atoms with van der Waals surface area (Å²) in [6.45, 7) is 4.16. The summed E-state index contributed by atoms with van der Waals surface area (Å²) < 4.78 is 0.948. The summed E-state index contributed by atoms with van der Waals surface area (Å²) in [6.07, 6.45) is 9.25. The lowest BCUT2D eigenvalue weighted by molar-refractivity contribution is 0.642. The first-order chi connectivity index (χ1) is 10.4. The van der Waals surface area contributed by atoms with Gasteiger partial charge in [-0.1, -0.05) is 13.8 Å². The van der Waals surface area contributed by atoms with E-state index in [1.807, 2.05) is 31.3 Å². The standard InChI is InChI=1S/C16H22BrN5/c1-10(2)11(8-18)6-15(19)21-16-5-4-13-14(22(16)3)7-12(17)9-20-13/h4-10,16,21H,18-19H2,1-3H3/b11-8+,15-6+. The highest BCUT2D eigenvalue weighted by Gasteiger charge is 2.20. The number of aromatic nitrogens is 1. The summed E-state index contributed by atoms with van der Waals surface area (Å²) in [6, 6.07) is 2.04. The highest BCUT2D eigenvalue weighted by molar-refractivity contribution is 9.10. The fraction of sp³-hybridized carbons (Fsp3) is 0.312. The van der Waals surface area contributed by atoms with Crippen molar-refractivity contribution in [3.63, 3.8) is 0 Å². The van der Waals surface area contributed by atoms with Gasteiger partial charge in [0.2, 0.25) is 0 Å². The molecule has 1 unspecified atom stereocenters. The number of hydrogen-bond donors (Lipinski definition) is 3. The minimum absolute atomic E-state index is 0.0361. The molecular formula is C16H22BrN5. The van der Waals surface area contributed by atoms with E-state index in [4.69, 9.17) is 11.5 Å². The monoisotopic (exact) mass is 363 g/mol. The van der Waals surface area contributed by atoms with Crippen molar-refractivity contribution in [3.8, 4) is 0 Å². The molecule has 1 aromatic heterocycles. The number of anilines is 1. The summed E-state index contributed by atoms with van der Waals surface area (Å²) in [5.41, 5.74) is 14.7. The van der Waals surface area contributed by atoms with E-state index in [-0.39, 0.29) is 6.17 Å². The molecule has 0 radical (unpaired) electrons. The van der Waals surface area contributed by atoms with Crippen molar-refractivity contribution in [1.29, 1.82) is 0 Å². The summed E-state index contributed by atoms with van der Waals surface area (Å²) in [5.74, 6) is 0.907. The second-order valence-electron chi connectivity index (χ2n) is 5.54. The van der Waals surface area contributed by atoms with Gasteiger partial charge in [-0.3, -0.25) is 4.98 Å². The average molecular weight is 364 g/mol. The van der Waals surface area contributed by atoms with Gasteiger partial charge in [0.1, 0.15) is 6.17 Å². The predicted octanol–water partition coefficient (Wildman–Crippen LogP) is 2.52. The molecule has 0 spiro atoms. The topological polar surface area (TPSA) is 80.2 Å². The summed E-state index contributed by atoms with van der Waals surface area (Å²) in [5, 5.41) is 3.29. The Balaban J connectivity index is 2.17. The largest absolute Gasteiger partial charge is 0.404 e. The Morgan fingerprint density at radius 1 is 1.50 bits per heavy atom. The van der Waals surface area contributed by atoms with Crippen molar-refractivity contribution < 1.29 is 0 Å². The van der Waals surface area contributed by atoms with Crippen LogP contribution in [0.25, 0.3) is 6.08 Å². The SMILES string of the molecule is CC(C)C(=C/N)/C=C(\N)NC1C=Cc2ncc(Br)cc2N1C. The molecule has 1 aliphatic heterocycles. The summed E-state index contributed by atoms with van der Waals surface area (Å²) >= 11 is 3.46.